The number of nitrogens with zero attached hydrogens (tertiary/aromatic N) is 2. The van der Waals surface area contributed by atoms with Gasteiger partial charge in [-0.2, -0.15) is 4.31 Å². The van der Waals surface area contributed by atoms with Crippen LogP contribution in [0.2, 0.25) is 0 Å². The Kier molecular flexibility index (Phi) is 6.06. The van der Waals surface area contributed by atoms with Crippen LogP contribution in [0.5, 0.6) is 11.5 Å². The zero-order chi connectivity index (χ0) is 19.4. The zero-order valence-corrected chi connectivity index (χ0v) is 16.6. The normalized spacial score (nSPS) is 20.7. The summed E-state index contributed by atoms with van der Waals surface area (Å²) in [6, 6.07) is 4.57. The van der Waals surface area contributed by atoms with E-state index in [1.807, 2.05) is 0 Å². The quantitative estimate of drug-likeness (QED) is 0.689. The average molecular weight is 394 g/mol. The van der Waals surface area contributed by atoms with Crippen molar-refractivity contribution in [2.45, 2.75) is 24.2 Å². The summed E-state index contributed by atoms with van der Waals surface area (Å²) in [5, 5.41) is 0. The van der Waals surface area contributed by atoms with Gasteiger partial charge in [-0.05, 0) is 30.9 Å². The fourth-order valence-corrected chi connectivity index (χ4v) is 4.96. The molecule has 1 amide bonds. The van der Waals surface area contributed by atoms with Crippen LogP contribution in [0.3, 0.4) is 0 Å². The molecule has 1 aromatic rings. The highest BCUT2D eigenvalue weighted by Gasteiger charge is 2.31. The highest BCUT2D eigenvalue weighted by atomic mass is 32.2. The van der Waals surface area contributed by atoms with Crippen molar-refractivity contribution >= 4 is 15.9 Å². The van der Waals surface area contributed by atoms with Gasteiger partial charge in [-0.3, -0.25) is 4.79 Å². The van der Waals surface area contributed by atoms with E-state index in [0.717, 1.165) is 12.8 Å². The van der Waals surface area contributed by atoms with E-state index in [0.29, 0.717) is 50.0 Å². The third-order valence-corrected chi connectivity index (χ3v) is 7.03. The minimum absolute atomic E-state index is 0.106. The van der Waals surface area contributed by atoms with E-state index in [1.54, 1.807) is 11.0 Å². The Morgan fingerprint density at radius 3 is 2.41 bits per heavy atom. The van der Waals surface area contributed by atoms with Gasteiger partial charge in [0.15, 0.2) is 11.5 Å². The average Bonchev–Trinajstić information content (AvgIpc) is 3.20. The van der Waals surface area contributed by atoms with Crippen molar-refractivity contribution in [3.63, 3.8) is 0 Å². The molecular formula is C19H26N2O5S. The molecule has 2 aliphatic rings. The predicted molar refractivity (Wildman–Crippen MR) is 101 cm³/mol. The third kappa shape index (κ3) is 4.27. The number of rotatable bonds is 6. The Labute approximate surface area is 160 Å². The van der Waals surface area contributed by atoms with Gasteiger partial charge in [0.2, 0.25) is 15.9 Å². The Hall–Kier alpha value is -2.06. The van der Waals surface area contributed by atoms with Gasteiger partial charge in [0.1, 0.15) is 0 Å². The van der Waals surface area contributed by atoms with Crippen LogP contribution in [-0.4, -0.2) is 63.9 Å². The number of carbonyl (C=O) groups excluding carboxylic acids is 1. The van der Waals surface area contributed by atoms with Gasteiger partial charge in [-0.15, -0.1) is 0 Å². The lowest BCUT2D eigenvalue weighted by Crippen LogP contribution is -2.50. The lowest BCUT2D eigenvalue weighted by Gasteiger charge is -2.34. The van der Waals surface area contributed by atoms with Crippen LogP contribution in [0.1, 0.15) is 19.3 Å². The number of sulfonamides is 1. The first-order valence-corrected chi connectivity index (χ1v) is 10.6. The highest BCUT2D eigenvalue weighted by Crippen LogP contribution is 2.31. The SMILES string of the molecule is COc1ccc(S(=O)(=O)N2CCN(C(=O)C[C@H]3C=CCC3)CC2)cc1OC. The molecule has 1 atom stereocenters. The van der Waals surface area contributed by atoms with Crippen molar-refractivity contribution < 1.29 is 22.7 Å². The van der Waals surface area contributed by atoms with Gasteiger partial charge in [0, 0.05) is 38.7 Å². The number of amides is 1. The molecule has 0 saturated carbocycles. The Morgan fingerprint density at radius 1 is 1.11 bits per heavy atom. The number of piperazine rings is 1. The van der Waals surface area contributed by atoms with Crippen LogP contribution in [0.15, 0.2) is 35.2 Å². The predicted octanol–water partition coefficient (Wildman–Crippen LogP) is 1.89. The second-order valence-corrected chi connectivity index (χ2v) is 8.71. The Balaban J connectivity index is 1.64. The number of carbonyl (C=O) groups is 1. The first kappa shape index (κ1) is 19.7. The molecule has 148 valence electrons. The standard InChI is InChI=1S/C19H26N2O5S/c1-25-17-8-7-16(14-18(17)26-2)27(23,24)21-11-9-20(10-12-21)19(22)13-15-5-3-4-6-15/h3,5,7-8,14-15H,4,6,9-13H2,1-2H3/t15-/m0/s1. The molecule has 1 fully saturated rings. The van der Waals surface area contributed by atoms with E-state index in [1.165, 1.54) is 30.7 Å². The lowest BCUT2D eigenvalue weighted by molar-refractivity contribution is -0.133. The molecule has 1 aromatic carbocycles. The molecule has 0 aromatic heterocycles. The summed E-state index contributed by atoms with van der Waals surface area (Å²) in [7, 11) is -0.668. The van der Waals surface area contributed by atoms with Gasteiger partial charge in [0.25, 0.3) is 0 Å². The highest BCUT2D eigenvalue weighted by molar-refractivity contribution is 7.89. The minimum Gasteiger partial charge on any atom is -0.493 e. The second kappa shape index (κ2) is 8.31. The number of hydrogen-bond acceptors (Lipinski definition) is 5. The van der Waals surface area contributed by atoms with Crippen molar-refractivity contribution in [2.24, 2.45) is 5.92 Å². The summed E-state index contributed by atoms with van der Waals surface area (Å²) in [6.45, 7) is 1.43. The molecule has 0 spiro atoms. The van der Waals surface area contributed by atoms with Gasteiger partial charge in [-0.1, -0.05) is 12.2 Å². The van der Waals surface area contributed by atoms with E-state index in [-0.39, 0.29) is 10.8 Å². The largest absolute Gasteiger partial charge is 0.493 e. The molecule has 1 saturated heterocycles. The maximum atomic E-state index is 12.9. The van der Waals surface area contributed by atoms with Crippen molar-refractivity contribution in [3.8, 4) is 11.5 Å². The molecule has 27 heavy (non-hydrogen) atoms. The molecule has 0 N–H and O–H groups in total. The molecular weight excluding hydrogens is 368 g/mol. The Bertz CT molecular complexity index is 813. The molecule has 0 unspecified atom stereocenters. The van der Waals surface area contributed by atoms with Crippen LogP contribution in [-0.2, 0) is 14.8 Å². The number of ether oxygens (including phenoxy) is 2. The lowest BCUT2D eigenvalue weighted by atomic mass is 10.0. The van der Waals surface area contributed by atoms with Crippen molar-refractivity contribution in [3.05, 3.63) is 30.4 Å². The minimum atomic E-state index is -3.64. The Morgan fingerprint density at radius 2 is 1.81 bits per heavy atom. The first-order valence-electron chi connectivity index (χ1n) is 9.12. The van der Waals surface area contributed by atoms with Gasteiger partial charge in [0.05, 0.1) is 19.1 Å². The summed E-state index contributed by atoms with van der Waals surface area (Å²) in [4.78, 5) is 14.4. The molecule has 1 heterocycles. The molecule has 0 radical (unpaired) electrons. The summed E-state index contributed by atoms with van der Waals surface area (Å²) < 4.78 is 37.6. The van der Waals surface area contributed by atoms with Crippen LogP contribution in [0.25, 0.3) is 0 Å². The number of methoxy groups -OCH3 is 2. The molecule has 8 heteroatoms. The first-order chi connectivity index (χ1) is 13.0. The van der Waals surface area contributed by atoms with Crippen LogP contribution in [0, 0.1) is 5.92 Å². The van der Waals surface area contributed by atoms with E-state index in [4.69, 9.17) is 9.47 Å². The number of hydrogen-bond donors (Lipinski definition) is 0. The molecule has 1 aliphatic heterocycles. The van der Waals surface area contributed by atoms with Gasteiger partial charge >= 0.3 is 0 Å². The molecule has 0 bridgehead atoms. The molecule has 1 aliphatic carbocycles. The van der Waals surface area contributed by atoms with Crippen molar-refractivity contribution in [2.75, 3.05) is 40.4 Å². The number of allylic oxidation sites excluding steroid dienone is 2. The van der Waals surface area contributed by atoms with E-state index >= 15 is 0 Å². The van der Waals surface area contributed by atoms with Crippen LogP contribution in [0.4, 0.5) is 0 Å². The monoisotopic (exact) mass is 394 g/mol. The van der Waals surface area contributed by atoms with E-state index < -0.39 is 10.0 Å². The van der Waals surface area contributed by atoms with Gasteiger partial charge in [-0.25, -0.2) is 8.42 Å². The maximum Gasteiger partial charge on any atom is 0.243 e. The summed E-state index contributed by atoms with van der Waals surface area (Å²) in [6.07, 6.45) is 6.80. The summed E-state index contributed by atoms with van der Waals surface area (Å²) in [5.74, 6) is 1.28. The topological polar surface area (TPSA) is 76.2 Å². The number of benzene rings is 1. The van der Waals surface area contributed by atoms with E-state index in [9.17, 15) is 13.2 Å². The van der Waals surface area contributed by atoms with Crippen molar-refractivity contribution in [1.29, 1.82) is 0 Å². The molecule has 3 rings (SSSR count). The molecule has 7 nitrogen and oxygen atoms in total. The van der Waals surface area contributed by atoms with Crippen LogP contribution < -0.4 is 9.47 Å². The fourth-order valence-electron chi connectivity index (χ4n) is 3.52. The van der Waals surface area contributed by atoms with E-state index in [2.05, 4.69) is 12.2 Å². The maximum absolute atomic E-state index is 12.9. The van der Waals surface area contributed by atoms with Crippen molar-refractivity contribution in [1.82, 2.24) is 9.21 Å². The smallest absolute Gasteiger partial charge is 0.243 e. The van der Waals surface area contributed by atoms with Gasteiger partial charge < -0.3 is 14.4 Å². The third-order valence-electron chi connectivity index (χ3n) is 5.13. The summed E-state index contributed by atoms with van der Waals surface area (Å²) in [5.41, 5.74) is 0. The second-order valence-electron chi connectivity index (χ2n) is 6.77. The zero-order valence-electron chi connectivity index (χ0n) is 15.8. The van der Waals surface area contributed by atoms with Crippen LogP contribution >= 0.6 is 0 Å². The fraction of sp³-hybridized carbons (Fsp3) is 0.526. The summed E-state index contributed by atoms with van der Waals surface area (Å²) >= 11 is 0.